The van der Waals surface area contributed by atoms with Crippen molar-refractivity contribution in [2.45, 2.75) is 39.0 Å². The van der Waals surface area contributed by atoms with Crippen LogP contribution in [-0.4, -0.2) is 11.6 Å². The number of hydrogen-bond acceptors (Lipinski definition) is 3. The maximum Gasteiger partial charge on any atom is 0.119 e. The second-order valence-electron chi connectivity index (χ2n) is 6.94. The molecule has 0 fully saturated rings. The molecule has 0 amide bonds. The normalized spacial score (nSPS) is 10.4. The SMILES string of the molecule is CCCCCOc1ccc(CCc2ccc(-c3ccc(C#N)cc3)nc2)cc1. The minimum Gasteiger partial charge on any atom is -0.494 e. The molecule has 3 heteroatoms. The van der Waals surface area contributed by atoms with E-state index in [0.29, 0.717) is 5.56 Å². The van der Waals surface area contributed by atoms with Gasteiger partial charge in [-0.25, -0.2) is 0 Å². The van der Waals surface area contributed by atoms with E-state index in [0.717, 1.165) is 42.9 Å². The van der Waals surface area contributed by atoms with E-state index in [-0.39, 0.29) is 0 Å². The molecule has 3 rings (SSSR count). The van der Waals surface area contributed by atoms with Gasteiger partial charge < -0.3 is 4.74 Å². The predicted octanol–water partition coefficient (Wildman–Crippen LogP) is 5.97. The number of ether oxygens (including phenoxy) is 1. The monoisotopic (exact) mass is 370 g/mol. The Morgan fingerprint density at radius 3 is 2.21 bits per heavy atom. The van der Waals surface area contributed by atoms with Crippen LogP contribution in [-0.2, 0) is 12.8 Å². The second kappa shape index (κ2) is 10.3. The number of rotatable bonds is 9. The van der Waals surface area contributed by atoms with Crippen LogP contribution in [0.25, 0.3) is 11.3 Å². The van der Waals surface area contributed by atoms with Crippen molar-refractivity contribution in [3.05, 3.63) is 83.6 Å². The summed E-state index contributed by atoms with van der Waals surface area (Å²) in [6.45, 7) is 3.00. The molecule has 1 aromatic heterocycles. The highest BCUT2D eigenvalue weighted by atomic mass is 16.5. The summed E-state index contributed by atoms with van der Waals surface area (Å²) in [6.07, 6.45) is 7.43. The molecule has 3 aromatic rings. The molecular weight excluding hydrogens is 344 g/mol. The zero-order chi connectivity index (χ0) is 19.6. The van der Waals surface area contributed by atoms with E-state index >= 15 is 0 Å². The van der Waals surface area contributed by atoms with Crippen LogP contribution in [0.3, 0.4) is 0 Å². The first-order valence-electron chi connectivity index (χ1n) is 9.95. The maximum absolute atomic E-state index is 8.89. The van der Waals surface area contributed by atoms with Gasteiger partial charge in [0.1, 0.15) is 5.75 Å². The van der Waals surface area contributed by atoms with Crippen molar-refractivity contribution in [3.8, 4) is 23.1 Å². The topological polar surface area (TPSA) is 45.9 Å². The molecule has 0 bridgehead atoms. The summed E-state index contributed by atoms with van der Waals surface area (Å²) in [5.74, 6) is 0.952. The van der Waals surface area contributed by atoms with E-state index in [4.69, 9.17) is 10.00 Å². The molecule has 142 valence electrons. The lowest BCUT2D eigenvalue weighted by atomic mass is 10.0. The van der Waals surface area contributed by atoms with Crippen LogP contribution in [0.2, 0.25) is 0 Å². The number of nitriles is 1. The van der Waals surface area contributed by atoms with Crippen molar-refractivity contribution in [2.24, 2.45) is 0 Å². The van der Waals surface area contributed by atoms with Crippen molar-refractivity contribution in [2.75, 3.05) is 6.61 Å². The Bertz CT molecular complexity index is 891. The summed E-state index contributed by atoms with van der Waals surface area (Å²) in [6, 6.07) is 22.2. The summed E-state index contributed by atoms with van der Waals surface area (Å²) in [5.41, 5.74) is 5.14. The highest BCUT2D eigenvalue weighted by molar-refractivity contribution is 5.60. The van der Waals surface area contributed by atoms with Crippen molar-refractivity contribution in [1.29, 1.82) is 5.26 Å². The number of aryl methyl sites for hydroxylation is 2. The molecule has 0 aliphatic heterocycles. The van der Waals surface area contributed by atoms with Gasteiger partial charge in [-0.2, -0.15) is 5.26 Å². The van der Waals surface area contributed by atoms with E-state index in [1.807, 2.05) is 36.5 Å². The minimum absolute atomic E-state index is 0.665. The van der Waals surface area contributed by atoms with Gasteiger partial charge >= 0.3 is 0 Å². The van der Waals surface area contributed by atoms with Gasteiger partial charge in [-0.3, -0.25) is 4.98 Å². The Kier molecular flexibility index (Phi) is 7.21. The van der Waals surface area contributed by atoms with Crippen molar-refractivity contribution >= 4 is 0 Å². The first kappa shape index (κ1) is 19.6. The lowest BCUT2D eigenvalue weighted by molar-refractivity contribution is 0.306. The third-order valence-corrected chi connectivity index (χ3v) is 4.78. The van der Waals surface area contributed by atoms with Crippen LogP contribution < -0.4 is 4.74 Å². The Morgan fingerprint density at radius 1 is 0.857 bits per heavy atom. The van der Waals surface area contributed by atoms with Gasteiger partial charge in [-0.15, -0.1) is 0 Å². The predicted molar refractivity (Wildman–Crippen MR) is 113 cm³/mol. The van der Waals surface area contributed by atoms with Crippen LogP contribution in [0, 0.1) is 11.3 Å². The molecule has 0 atom stereocenters. The number of aromatic nitrogens is 1. The lowest BCUT2D eigenvalue weighted by Crippen LogP contribution is -1.97. The molecule has 0 unspecified atom stereocenters. The number of benzene rings is 2. The van der Waals surface area contributed by atoms with Gasteiger partial charge in [-0.1, -0.05) is 50.1 Å². The first-order chi connectivity index (χ1) is 13.8. The van der Waals surface area contributed by atoms with Crippen molar-refractivity contribution in [1.82, 2.24) is 4.98 Å². The molecule has 0 radical (unpaired) electrons. The maximum atomic E-state index is 8.89. The summed E-state index contributed by atoms with van der Waals surface area (Å²) in [4.78, 5) is 4.58. The highest BCUT2D eigenvalue weighted by Crippen LogP contribution is 2.19. The van der Waals surface area contributed by atoms with Crippen molar-refractivity contribution in [3.63, 3.8) is 0 Å². The molecule has 0 aliphatic carbocycles. The molecule has 0 N–H and O–H groups in total. The zero-order valence-corrected chi connectivity index (χ0v) is 16.4. The van der Waals surface area contributed by atoms with E-state index < -0.39 is 0 Å². The Labute approximate surface area is 167 Å². The Hall–Kier alpha value is -3.12. The van der Waals surface area contributed by atoms with E-state index in [1.165, 1.54) is 24.0 Å². The first-order valence-corrected chi connectivity index (χ1v) is 9.95. The standard InChI is InChI=1S/C25H26N2O/c1-2-3-4-17-28-24-14-9-20(10-15-24)5-6-22-11-16-25(27-19-22)23-12-7-21(18-26)8-13-23/h7-16,19H,2-6,17H2,1H3. The third-order valence-electron chi connectivity index (χ3n) is 4.78. The number of pyridine rings is 1. The molecule has 0 aliphatic rings. The molecular formula is C25H26N2O. The van der Waals surface area contributed by atoms with E-state index in [9.17, 15) is 0 Å². The largest absolute Gasteiger partial charge is 0.494 e. The smallest absolute Gasteiger partial charge is 0.119 e. The lowest BCUT2D eigenvalue weighted by Gasteiger charge is -2.07. The average molecular weight is 370 g/mol. The third kappa shape index (κ3) is 5.69. The van der Waals surface area contributed by atoms with Gasteiger partial charge in [0.25, 0.3) is 0 Å². The summed E-state index contributed by atoms with van der Waals surface area (Å²) in [7, 11) is 0. The molecule has 28 heavy (non-hydrogen) atoms. The van der Waals surface area contributed by atoms with Crippen LogP contribution in [0.5, 0.6) is 5.75 Å². The van der Waals surface area contributed by atoms with Gasteiger partial charge in [0.15, 0.2) is 0 Å². The van der Waals surface area contributed by atoms with Crippen LogP contribution in [0.15, 0.2) is 66.9 Å². The van der Waals surface area contributed by atoms with Gasteiger partial charge in [-0.05, 0) is 60.7 Å². The molecule has 2 aromatic carbocycles. The minimum atomic E-state index is 0.665. The second-order valence-corrected chi connectivity index (χ2v) is 6.94. The van der Waals surface area contributed by atoms with Crippen LogP contribution >= 0.6 is 0 Å². The summed E-state index contributed by atoms with van der Waals surface area (Å²) < 4.78 is 5.77. The fraction of sp³-hybridized carbons (Fsp3) is 0.280. The Balaban J connectivity index is 1.51. The van der Waals surface area contributed by atoms with E-state index in [1.54, 1.807) is 0 Å². The van der Waals surface area contributed by atoms with Gasteiger partial charge in [0, 0.05) is 11.8 Å². The molecule has 1 heterocycles. The fourth-order valence-electron chi connectivity index (χ4n) is 3.04. The van der Waals surface area contributed by atoms with E-state index in [2.05, 4.69) is 48.3 Å². The van der Waals surface area contributed by atoms with Gasteiger partial charge in [0.05, 0.1) is 23.9 Å². The molecule has 0 saturated heterocycles. The fourth-order valence-corrected chi connectivity index (χ4v) is 3.04. The van der Waals surface area contributed by atoms with Gasteiger partial charge in [0.2, 0.25) is 0 Å². The quantitative estimate of drug-likeness (QED) is 0.436. The highest BCUT2D eigenvalue weighted by Gasteiger charge is 2.02. The number of nitrogens with zero attached hydrogens (tertiary/aromatic N) is 2. The molecule has 0 saturated carbocycles. The zero-order valence-electron chi connectivity index (χ0n) is 16.4. The van der Waals surface area contributed by atoms with Crippen LogP contribution in [0.1, 0.15) is 42.9 Å². The average Bonchev–Trinajstić information content (AvgIpc) is 2.76. The summed E-state index contributed by atoms with van der Waals surface area (Å²) >= 11 is 0. The molecule has 0 spiro atoms. The van der Waals surface area contributed by atoms with Crippen LogP contribution in [0.4, 0.5) is 0 Å². The number of hydrogen-bond donors (Lipinski definition) is 0. The van der Waals surface area contributed by atoms with Crippen molar-refractivity contribution < 1.29 is 4.74 Å². The number of unbranched alkanes of at least 4 members (excludes halogenated alkanes) is 2. The molecule has 3 nitrogen and oxygen atoms in total. The summed E-state index contributed by atoms with van der Waals surface area (Å²) in [5, 5.41) is 8.89. The Morgan fingerprint density at radius 2 is 1.57 bits per heavy atom.